The van der Waals surface area contributed by atoms with E-state index < -0.39 is 0 Å². The van der Waals surface area contributed by atoms with Crippen LogP contribution in [0.5, 0.6) is 0 Å². The summed E-state index contributed by atoms with van der Waals surface area (Å²) in [5.41, 5.74) is 0.997. The van der Waals surface area contributed by atoms with E-state index in [9.17, 15) is 0 Å². The third-order valence-electron chi connectivity index (χ3n) is 2.04. The van der Waals surface area contributed by atoms with Gasteiger partial charge in [-0.2, -0.15) is 0 Å². The van der Waals surface area contributed by atoms with Crippen LogP contribution in [0, 0.1) is 13.8 Å². The molecule has 6 heteroatoms. The topological polar surface area (TPSA) is 63.8 Å². The van der Waals surface area contributed by atoms with Crippen molar-refractivity contribution in [1.29, 1.82) is 0 Å². The number of hydrogen-bond donors (Lipinski definition) is 1. The van der Waals surface area contributed by atoms with Crippen LogP contribution in [0.2, 0.25) is 0 Å². The predicted molar refractivity (Wildman–Crippen MR) is 61.7 cm³/mol. The van der Waals surface area contributed by atoms with Gasteiger partial charge in [-0.3, -0.25) is 0 Å². The van der Waals surface area contributed by atoms with Crippen molar-refractivity contribution in [3.05, 3.63) is 23.8 Å². The molecule has 16 heavy (non-hydrogen) atoms. The van der Waals surface area contributed by atoms with Crippen molar-refractivity contribution in [2.75, 3.05) is 12.4 Å². The summed E-state index contributed by atoms with van der Waals surface area (Å²) in [6, 6.07) is 0. The maximum Gasteiger partial charge on any atom is 0.261 e. The second-order valence-electron chi connectivity index (χ2n) is 3.20. The Morgan fingerprint density at radius 3 is 2.75 bits per heavy atom. The zero-order valence-electron chi connectivity index (χ0n) is 9.31. The van der Waals surface area contributed by atoms with Gasteiger partial charge in [-0.05, 0) is 25.6 Å². The number of rotatable bonds is 3. The number of oxazole rings is 1. The van der Waals surface area contributed by atoms with Gasteiger partial charge in [0.05, 0.1) is 6.20 Å². The maximum atomic E-state index is 5.18. The van der Waals surface area contributed by atoms with Crippen molar-refractivity contribution in [2.45, 2.75) is 24.1 Å². The van der Waals surface area contributed by atoms with Gasteiger partial charge < -0.3 is 9.73 Å². The first-order valence-corrected chi connectivity index (χ1v) is 5.62. The quantitative estimate of drug-likeness (QED) is 0.825. The summed E-state index contributed by atoms with van der Waals surface area (Å²) in [5.74, 6) is 1.56. The van der Waals surface area contributed by atoms with Crippen LogP contribution in [0.3, 0.4) is 0 Å². The van der Waals surface area contributed by atoms with E-state index in [1.165, 1.54) is 11.8 Å². The molecule has 0 aliphatic heterocycles. The third-order valence-corrected chi connectivity index (χ3v) is 3.01. The second kappa shape index (κ2) is 4.52. The summed E-state index contributed by atoms with van der Waals surface area (Å²) in [7, 11) is 1.84. The molecule has 0 amide bonds. The molecule has 0 unspecified atom stereocenters. The minimum atomic E-state index is 0.586. The van der Waals surface area contributed by atoms with E-state index in [1.54, 1.807) is 12.5 Å². The molecule has 0 bridgehead atoms. The molecule has 2 heterocycles. The van der Waals surface area contributed by atoms with Gasteiger partial charge in [0.25, 0.3) is 5.22 Å². The van der Waals surface area contributed by atoms with Crippen LogP contribution >= 0.6 is 11.8 Å². The molecule has 2 aromatic rings. The molecule has 5 nitrogen and oxygen atoms in total. The molecule has 2 aromatic heterocycles. The molecular formula is C10H12N4OS. The summed E-state index contributed by atoms with van der Waals surface area (Å²) in [4.78, 5) is 12.7. The molecule has 0 aliphatic carbocycles. The standard InChI is InChI=1S/C10H12N4OS/c1-6-8(11-3)13-7(2)14-9(6)16-10-12-4-5-15-10/h4-5H,1-3H3,(H,11,13,14). The molecule has 0 radical (unpaired) electrons. The largest absolute Gasteiger partial charge is 0.440 e. The second-order valence-corrected chi connectivity index (χ2v) is 4.14. The Bertz CT molecular complexity index is 484. The molecule has 0 spiro atoms. The molecule has 1 N–H and O–H groups in total. The zero-order chi connectivity index (χ0) is 11.5. The smallest absolute Gasteiger partial charge is 0.261 e. The van der Waals surface area contributed by atoms with Gasteiger partial charge in [0.2, 0.25) is 0 Å². The van der Waals surface area contributed by atoms with Crippen molar-refractivity contribution in [2.24, 2.45) is 0 Å². The van der Waals surface area contributed by atoms with Gasteiger partial charge in [-0.1, -0.05) is 0 Å². The van der Waals surface area contributed by atoms with Gasteiger partial charge in [0.15, 0.2) is 0 Å². The highest BCUT2D eigenvalue weighted by atomic mass is 32.2. The molecule has 0 saturated heterocycles. The minimum Gasteiger partial charge on any atom is -0.440 e. The van der Waals surface area contributed by atoms with Gasteiger partial charge >= 0.3 is 0 Å². The van der Waals surface area contributed by atoms with Gasteiger partial charge in [-0.25, -0.2) is 15.0 Å². The van der Waals surface area contributed by atoms with Crippen LogP contribution in [0.4, 0.5) is 5.82 Å². The minimum absolute atomic E-state index is 0.586. The molecule has 0 saturated carbocycles. The normalized spacial score (nSPS) is 10.4. The van der Waals surface area contributed by atoms with Crippen LogP contribution in [-0.2, 0) is 0 Å². The van der Waals surface area contributed by atoms with E-state index in [2.05, 4.69) is 20.3 Å². The molecule has 0 aromatic carbocycles. The molecule has 0 fully saturated rings. The van der Waals surface area contributed by atoms with Gasteiger partial charge in [0, 0.05) is 12.6 Å². The van der Waals surface area contributed by atoms with Crippen molar-refractivity contribution in [3.63, 3.8) is 0 Å². The Hall–Kier alpha value is -1.56. The number of anilines is 1. The van der Waals surface area contributed by atoms with E-state index in [-0.39, 0.29) is 0 Å². The number of nitrogens with zero attached hydrogens (tertiary/aromatic N) is 3. The zero-order valence-corrected chi connectivity index (χ0v) is 10.1. The molecular weight excluding hydrogens is 224 g/mol. The van der Waals surface area contributed by atoms with Crippen LogP contribution in [0.1, 0.15) is 11.4 Å². The fraction of sp³-hybridized carbons (Fsp3) is 0.300. The van der Waals surface area contributed by atoms with Crippen molar-refractivity contribution in [1.82, 2.24) is 15.0 Å². The molecule has 0 aliphatic rings. The monoisotopic (exact) mass is 236 g/mol. The lowest BCUT2D eigenvalue weighted by Gasteiger charge is -2.08. The highest BCUT2D eigenvalue weighted by molar-refractivity contribution is 7.99. The highest BCUT2D eigenvalue weighted by Gasteiger charge is 2.11. The molecule has 0 atom stereocenters. The maximum absolute atomic E-state index is 5.18. The summed E-state index contributed by atoms with van der Waals surface area (Å²) in [6.45, 7) is 3.83. The number of hydrogen-bond acceptors (Lipinski definition) is 6. The highest BCUT2D eigenvalue weighted by Crippen LogP contribution is 2.29. The first-order chi connectivity index (χ1) is 7.70. The summed E-state index contributed by atoms with van der Waals surface area (Å²) >= 11 is 1.40. The summed E-state index contributed by atoms with van der Waals surface area (Å²) < 4.78 is 5.18. The van der Waals surface area contributed by atoms with Crippen LogP contribution in [0.15, 0.2) is 27.1 Å². The van der Waals surface area contributed by atoms with E-state index in [1.807, 2.05) is 20.9 Å². The Balaban J connectivity index is 2.36. The first-order valence-electron chi connectivity index (χ1n) is 4.81. The Labute approximate surface area is 97.7 Å². The van der Waals surface area contributed by atoms with Crippen LogP contribution in [0.25, 0.3) is 0 Å². The third kappa shape index (κ3) is 2.16. The molecule has 2 rings (SSSR count). The van der Waals surface area contributed by atoms with E-state index in [0.717, 1.165) is 22.2 Å². The number of aromatic nitrogens is 3. The summed E-state index contributed by atoms with van der Waals surface area (Å²) in [5, 5.41) is 4.49. The fourth-order valence-corrected chi connectivity index (χ4v) is 2.10. The average Bonchev–Trinajstić information content (AvgIpc) is 2.75. The van der Waals surface area contributed by atoms with Crippen molar-refractivity contribution < 1.29 is 4.42 Å². The lowest BCUT2D eigenvalue weighted by atomic mass is 10.3. The summed E-state index contributed by atoms with van der Waals surface area (Å²) in [6.07, 6.45) is 3.16. The van der Waals surface area contributed by atoms with Gasteiger partial charge in [0.1, 0.15) is 22.9 Å². The molecule has 84 valence electrons. The van der Waals surface area contributed by atoms with Crippen molar-refractivity contribution in [3.8, 4) is 0 Å². The van der Waals surface area contributed by atoms with E-state index >= 15 is 0 Å². The Kier molecular flexibility index (Phi) is 3.09. The van der Waals surface area contributed by atoms with Crippen molar-refractivity contribution >= 4 is 17.6 Å². The van der Waals surface area contributed by atoms with E-state index in [0.29, 0.717) is 5.22 Å². The Morgan fingerprint density at radius 2 is 2.12 bits per heavy atom. The number of aryl methyl sites for hydroxylation is 1. The predicted octanol–water partition coefficient (Wildman–Crippen LogP) is 2.27. The first kappa shape index (κ1) is 10.9. The van der Waals surface area contributed by atoms with Gasteiger partial charge in [-0.15, -0.1) is 0 Å². The lowest BCUT2D eigenvalue weighted by molar-refractivity contribution is 0.454. The Morgan fingerprint density at radius 1 is 1.31 bits per heavy atom. The number of nitrogens with one attached hydrogen (secondary N) is 1. The van der Waals surface area contributed by atoms with E-state index in [4.69, 9.17) is 4.42 Å². The van der Waals surface area contributed by atoms with Crippen LogP contribution in [-0.4, -0.2) is 22.0 Å². The SMILES string of the molecule is CNc1nc(C)nc(Sc2ncco2)c1C. The fourth-order valence-electron chi connectivity index (χ4n) is 1.29. The van der Waals surface area contributed by atoms with Crippen LogP contribution < -0.4 is 5.32 Å². The lowest BCUT2D eigenvalue weighted by Crippen LogP contribution is -2.01. The average molecular weight is 236 g/mol.